The van der Waals surface area contributed by atoms with E-state index in [4.69, 9.17) is 23.2 Å². The minimum absolute atomic E-state index is 0.00516. The predicted molar refractivity (Wildman–Crippen MR) is 134 cm³/mol. The number of alkyl halides is 3. The van der Waals surface area contributed by atoms with Gasteiger partial charge < -0.3 is 0 Å². The lowest BCUT2D eigenvalue weighted by Crippen LogP contribution is -2.27. The first-order valence-corrected chi connectivity index (χ1v) is 14.2. The molecule has 15 heteroatoms. The number of nitrogens with one attached hydrogen (secondary N) is 1. The number of anilines is 2. The van der Waals surface area contributed by atoms with Gasteiger partial charge in [0, 0.05) is 13.2 Å². The number of aryl methyl sites for hydroxylation is 1. The zero-order chi connectivity index (χ0) is 27.9. The number of benzene rings is 2. The Hall–Kier alpha value is -2.87. The van der Waals surface area contributed by atoms with Crippen LogP contribution in [0, 0.1) is 6.92 Å². The molecule has 0 bridgehead atoms. The standard InChI is InChI=1S/C22H18Cl2F3N3O5S2/c1-12-5-4-6-18(30(2)36(3,32)33)19(12)21(31)20-17(9-13(23)11-28-20)29-37(34,35)14-7-8-16(24)15(10-14)22(25,26)27/h4-11,29H,1-3H3. The van der Waals surface area contributed by atoms with Gasteiger partial charge in [-0.15, -0.1) is 0 Å². The fourth-order valence-corrected chi connectivity index (χ4v) is 5.27. The Labute approximate surface area is 221 Å². The molecule has 1 heterocycles. The summed E-state index contributed by atoms with van der Waals surface area (Å²) in [5, 5.41) is -0.784. The second kappa shape index (κ2) is 10.1. The summed E-state index contributed by atoms with van der Waals surface area (Å²) in [5.74, 6) is -0.856. The number of hydrogen-bond acceptors (Lipinski definition) is 6. The van der Waals surface area contributed by atoms with Crippen molar-refractivity contribution in [2.24, 2.45) is 0 Å². The first kappa shape index (κ1) is 28.7. The van der Waals surface area contributed by atoms with Gasteiger partial charge in [0.1, 0.15) is 5.69 Å². The van der Waals surface area contributed by atoms with Gasteiger partial charge in [-0.2, -0.15) is 13.2 Å². The van der Waals surface area contributed by atoms with Crippen molar-refractivity contribution in [2.75, 3.05) is 22.3 Å². The molecule has 0 fully saturated rings. The van der Waals surface area contributed by atoms with Crippen molar-refractivity contribution >= 4 is 60.4 Å². The van der Waals surface area contributed by atoms with E-state index in [9.17, 15) is 34.8 Å². The highest BCUT2D eigenvalue weighted by Gasteiger charge is 2.35. The molecule has 0 spiro atoms. The molecule has 198 valence electrons. The van der Waals surface area contributed by atoms with Gasteiger partial charge >= 0.3 is 6.18 Å². The second-order valence-corrected chi connectivity index (χ2v) is 12.4. The summed E-state index contributed by atoms with van der Waals surface area (Å²) in [6.07, 6.45) is -2.92. The lowest BCUT2D eigenvalue weighted by molar-refractivity contribution is -0.137. The van der Waals surface area contributed by atoms with Gasteiger partial charge in [0.05, 0.1) is 43.7 Å². The number of sulfonamides is 2. The molecule has 0 saturated heterocycles. The first-order valence-electron chi connectivity index (χ1n) is 10.1. The first-order chi connectivity index (χ1) is 16.9. The molecular formula is C22H18Cl2F3N3O5S2. The highest BCUT2D eigenvalue weighted by molar-refractivity contribution is 7.92. The molecule has 0 saturated carbocycles. The summed E-state index contributed by atoms with van der Waals surface area (Å²) < 4.78 is 93.0. The molecule has 0 aliphatic rings. The number of nitrogens with zero attached hydrogens (tertiary/aromatic N) is 2. The van der Waals surface area contributed by atoms with Crippen LogP contribution in [-0.4, -0.2) is 40.9 Å². The van der Waals surface area contributed by atoms with Crippen molar-refractivity contribution in [3.63, 3.8) is 0 Å². The van der Waals surface area contributed by atoms with E-state index in [2.05, 4.69) is 9.71 Å². The molecule has 2 aromatic carbocycles. The van der Waals surface area contributed by atoms with Gasteiger partial charge in [-0.25, -0.2) is 21.8 Å². The Morgan fingerprint density at radius 2 is 1.70 bits per heavy atom. The van der Waals surface area contributed by atoms with E-state index in [0.717, 1.165) is 35.0 Å². The molecule has 0 atom stereocenters. The number of halogens is 5. The van der Waals surface area contributed by atoms with Crippen LogP contribution in [0.4, 0.5) is 24.5 Å². The van der Waals surface area contributed by atoms with Crippen LogP contribution in [0.15, 0.2) is 53.6 Å². The van der Waals surface area contributed by atoms with Crippen molar-refractivity contribution in [1.29, 1.82) is 0 Å². The number of hydrogen-bond donors (Lipinski definition) is 1. The monoisotopic (exact) mass is 595 g/mol. The van der Waals surface area contributed by atoms with Crippen LogP contribution in [0.25, 0.3) is 0 Å². The average molecular weight is 596 g/mol. The second-order valence-electron chi connectivity index (χ2n) is 7.82. The molecule has 0 aliphatic carbocycles. The van der Waals surface area contributed by atoms with Gasteiger partial charge in [-0.3, -0.25) is 13.8 Å². The van der Waals surface area contributed by atoms with Crippen molar-refractivity contribution in [3.8, 4) is 0 Å². The number of pyridine rings is 1. The largest absolute Gasteiger partial charge is 0.417 e. The Bertz CT molecular complexity index is 1610. The fraction of sp³-hybridized carbons (Fsp3) is 0.182. The molecule has 0 unspecified atom stereocenters. The Balaban J connectivity index is 2.14. The van der Waals surface area contributed by atoms with E-state index in [1.807, 2.05) is 0 Å². The van der Waals surface area contributed by atoms with Gasteiger partial charge in [0.15, 0.2) is 0 Å². The zero-order valence-electron chi connectivity index (χ0n) is 19.3. The summed E-state index contributed by atoms with van der Waals surface area (Å²) in [7, 11) is -7.25. The van der Waals surface area contributed by atoms with Gasteiger partial charge in [-0.05, 0) is 42.8 Å². The third-order valence-electron chi connectivity index (χ3n) is 5.18. The molecular weight excluding hydrogens is 578 g/mol. The maximum Gasteiger partial charge on any atom is 0.417 e. The summed E-state index contributed by atoms with van der Waals surface area (Å²) in [6.45, 7) is 1.54. The third kappa shape index (κ3) is 6.17. The fourth-order valence-electron chi connectivity index (χ4n) is 3.30. The maximum absolute atomic E-state index is 13.6. The van der Waals surface area contributed by atoms with Gasteiger partial charge in [-0.1, -0.05) is 35.3 Å². The molecule has 0 amide bonds. The smallest absolute Gasteiger partial charge is 0.287 e. The van der Waals surface area contributed by atoms with Crippen LogP contribution in [0.3, 0.4) is 0 Å². The molecule has 0 aliphatic heterocycles. The lowest BCUT2D eigenvalue weighted by Gasteiger charge is -2.21. The summed E-state index contributed by atoms with van der Waals surface area (Å²) >= 11 is 11.5. The summed E-state index contributed by atoms with van der Waals surface area (Å²) in [6, 6.07) is 7.50. The van der Waals surface area contributed by atoms with Crippen molar-refractivity contribution in [2.45, 2.75) is 18.0 Å². The minimum atomic E-state index is -4.92. The Kier molecular flexibility index (Phi) is 7.85. The van der Waals surface area contributed by atoms with Gasteiger partial charge in [0.25, 0.3) is 10.0 Å². The molecule has 37 heavy (non-hydrogen) atoms. The van der Waals surface area contributed by atoms with Crippen molar-refractivity contribution in [1.82, 2.24) is 4.98 Å². The number of carbonyl (C=O) groups excluding carboxylic acids is 1. The van der Waals surface area contributed by atoms with E-state index >= 15 is 0 Å². The summed E-state index contributed by atoms with van der Waals surface area (Å²) in [4.78, 5) is 16.7. The molecule has 3 rings (SSSR count). The molecule has 1 aromatic heterocycles. The zero-order valence-corrected chi connectivity index (χ0v) is 22.4. The lowest BCUT2D eigenvalue weighted by atomic mass is 9.99. The van der Waals surface area contributed by atoms with Crippen LogP contribution in [-0.2, 0) is 26.2 Å². The SMILES string of the molecule is Cc1cccc(N(C)S(C)(=O)=O)c1C(=O)c1ncc(Cl)cc1NS(=O)(=O)c1ccc(Cl)c(C(F)(F)F)c1. The van der Waals surface area contributed by atoms with E-state index in [1.165, 1.54) is 19.2 Å². The van der Waals surface area contributed by atoms with Crippen LogP contribution >= 0.6 is 23.2 Å². The molecule has 8 nitrogen and oxygen atoms in total. The maximum atomic E-state index is 13.6. The van der Waals surface area contributed by atoms with Crippen molar-refractivity contribution in [3.05, 3.63) is 81.1 Å². The highest BCUT2D eigenvalue weighted by atomic mass is 35.5. The topological polar surface area (TPSA) is 114 Å². The number of aromatic nitrogens is 1. The van der Waals surface area contributed by atoms with Crippen LogP contribution in [0.5, 0.6) is 0 Å². The predicted octanol–water partition coefficient (Wildman–Crippen LogP) is 5.14. The highest BCUT2D eigenvalue weighted by Crippen LogP contribution is 2.37. The van der Waals surface area contributed by atoms with E-state index in [1.54, 1.807) is 13.0 Å². The third-order valence-corrected chi connectivity index (χ3v) is 8.27. The minimum Gasteiger partial charge on any atom is -0.287 e. The normalized spacial score (nSPS) is 12.3. The van der Waals surface area contributed by atoms with Crippen molar-refractivity contribution < 1.29 is 34.8 Å². The van der Waals surface area contributed by atoms with E-state index < -0.39 is 58.9 Å². The number of ketones is 1. The molecule has 3 aromatic rings. The van der Waals surface area contributed by atoms with Crippen LogP contribution < -0.4 is 9.03 Å². The average Bonchev–Trinajstić information content (AvgIpc) is 2.76. The Morgan fingerprint density at radius 1 is 1.05 bits per heavy atom. The molecule has 1 N–H and O–H groups in total. The van der Waals surface area contributed by atoms with Crippen LogP contribution in [0.2, 0.25) is 10.0 Å². The number of carbonyl (C=O) groups is 1. The van der Waals surface area contributed by atoms with E-state index in [-0.39, 0.29) is 16.3 Å². The van der Waals surface area contributed by atoms with Gasteiger partial charge in [0.2, 0.25) is 15.8 Å². The summed E-state index contributed by atoms with van der Waals surface area (Å²) in [5.41, 5.74) is -1.99. The number of rotatable bonds is 7. The van der Waals surface area contributed by atoms with Crippen LogP contribution in [0.1, 0.15) is 27.2 Å². The molecule has 0 radical (unpaired) electrons. The quantitative estimate of drug-likeness (QED) is 0.378. The Morgan fingerprint density at radius 3 is 2.30 bits per heavy atom. The van der Waals surface area contributed by atoms with E-state index in [0.29, 0.717) is 11.6 Å².